The number of amides is 2. The number of benzene rings is 1. The summed E-state index contributed by atoms with van der Waals surface area (Å²) in [5.41, 5.74) is 2.93. The normalized spacial score (nSPS) is 15.2. The molecule has 130 valence electrons. The lowest BCUT2D eigenvalue weighted by Crippen LogP contribution is -2.38. The molecule has 0 heterocycles. The number of hydrogen-bond acceptors (Lipinski definition) is 5. The van der Waals surface area contributed by atoms with Crippen molar-refractivity contribution in [2.75, 3.05) is 13.2 Å². The second kappa shape index (κ2) is 9.67. The van der Waals surface area contributed by atoms with Gasteiger partial charge in [0.05, 0.1) is 6.21 Å². The molecule has 0 saturated heterocycles. The standard InChI is InChI=1S/C17H23N3O4/c21-11-16(22)20-18-10-13-6-8-15(9-7-13)24-12-17(23)19-14-4-2-1-3-5-14/h6-10,14,21H,1-5,11-12H2,(H,19,23)(H,20,22)/b18-10-. The van der Waals surface area contributed by atoms with Crippen molar-refractivity contribution in [3.05, 3.63) is 29.8 Å². The lowest BCUT2D eigenvalue weighted by atomic mass is 9.95. The van der Waals surface area contributed by atoms with Crippen LogP contribution in [0.2, 0.25) is 0 Å². The van der Waals surface area contributed by atoms with Gasteiger partial charge in [0.1, 0.15) is 12.4 Å². The first-order valence-electron chi connectivity index (χ1n) is 8.12. The smallest absolute Gasteiger partial charge is 0.265 e. The van der Waals surface area contributed by atoms with Gasteiger partial charge in [-0.2, -0.15) is 5.10 Å². The third-order valence-corrected chi connectivity index (χ3v) is 3.77. The van der Waals surface area contributed by atoms with Gasteiger partial charge in [0.15, 0.2) is 6.61 Å². The van der Waals surface area contributed by atoms with Crippen molar-refractivity contribution in [1.82, 2.24) is 10.7 Å². The summed E-state index contributed by atoms with van der Waals surface area (Å²) in [6.07, 6.45) is 7.15. The lowest BCUT2D eigenvalue weighted by Gasteiger charge is -2.22. The summed E-state index contributed by atoms with van der Waals surface area (Å²) in [6.45, 7) is -0.608. The van der Waals surface area contributed by atoms with Crippen LogP contribution < -0.4 is 15.5 Å². The fraction of sp³-hybridized carbons (Fsp3) is 0.471. The molecule has 2 amide bonds. The maximum absolute atomic E-state index is 11.9. The number of rotatable bonds is 7. The van der Waals surface area contributed by atoms with Crippen LogP contribution in [0.25, 0.3) is 0 Å². The van der Waals surface area contributed by atoms with Gasteiger partial charge >= 0.3 is 0 Å². The van der Waals surface area contributed by atoms with Gasteiger partial charge in [-0.05, 0) is 42.7 Å². The van der Waals surface area contributed by atoms with Gasteiger partial charge < -0.3 is 15.2 Å². The van der Waals surface area contributed by atoms with Crippen molar-refractivity contribution in [2.24, 2.45) is 5.10 Å². The third-order valence-electron chi connectivity index (χ3n) is 3.77. The van der Waals surface area contributed by atoms with Crippen molar-refractivity contribution in [3.63, 3.8) is 0 Å². The van der Waals surface area contributed by atoms with E-state index in [1.165, 1.54) is 25.5 Å². The van der Waals surface area contributed by atoms with E-state index in [-0.39, 0.29) is 18.6 Å². The van der Waals surface area contributed by atoms with Crippen LogP contribution in [-0.4, -0.2) is 42.4 Å². The molecule has 1 fully saturated rings. The first-order valence-corrected chi connectivity index (χ1v) is 8.12. The van der Waals surface area contributed by atoms with Crippen LogP contribution in [0.5, 0.6) is 5.75 Å². The molecule has 0 bridgehead atoms. The molecular weight excluding hydrogens is 310 g/mol. The first kappa shape index (κ1) is 17.9. The van der Waals surface area contributed by atoms with Crippen LogP contribution in [0.15, 0.2) is 29.4 Å². The van der Waals surface area contributed by atoms with Gasteiger partial charge in [0.25, 0.3) is 11.8 Å². The zero-order chi connectivity index (χ0) is 17.2. The van der Waals surface area contributed by atoms with Gasteiger partial charge in [-0.1, -0.05) is 19.3 Å². The zero-order valence-electron chi connectivity index (χ0n) is 13.5. The highest BCUT2D eigenvalue weighted by Gasteiger charge is 2.15. The SMILES string of the molecule is O=C(CO)N/N=C\c1ccc(OCC(=O)NC2CCCCC2)cc1. The Morgan fingerprint density at radius 2 is 1.88 bits per heavy atom. The molecule has 2 rings (SSSR count). The predicted molar refractivity (Wildman–Crippen MR) is 89.8 cm³/mol. The van der Waals surface area contributed by atoms with Gasteiger partial charge in [0.2, 0.25) is 0 Å². The van der Waals surface area contributed by atoms with Crippen LogP contribution in [0.3, 0.4) is 0 Å². The molecular formula is C17H23N3O4. The molecule has 3 N–H and O–H groups in total. The van der Waals surface area contributed by atoms with Crippen LogP contribution in [-0.2, 0) is 9.59 Å². The molecule has 1 aliphatic carbocycles. The summed E-state index contributed by atoms with van der Waals surface area (Å²) < 4.78 is 5.47. The average Bonchev–Trinajstić information content (AvgIpc) is 2.61. The Balaban J connectivity index is 1.72. The minimum atomic E-state index is -0.604. The quantitative estimate of drug-likeness (QED) is 0.511. The van der Waals surface area contributed by atoms with Crippen LogP contribution in [0, 0.1) is 0 Å². The van der Waals surface area contributed by atoms with E-state index < -0.39 is 12.5 Å². The Kier molecular flexibility index (Phi) is 7.22. The summed E-state index contributed by atoms with van der Waals surface area (Å²) in [6, 6.07) is 7.24. The van der Waals surface area contributed by atoms with E-state index in [9.17, 15) is 9.59 Å². The van der Waals surface area contributed by atoms with Crippen molar-refractivity contribution in [2.45, 2.75) is 38.1 Å². The number of ether oxygens (including phenoxy) is 1. The molecule has 0 unspecified atom stereocenters. The maximum atomic E-state index is 11.9. The second-order valence-electron chi connectivity index (χ2n) is 5.71. The minimum absolute atomic E-state index is 0.00348. The number of aliphatic hydroxyl groups is 1. The van der Waals surface area contributed by atoms with Crippen molar-refractivity contribution >= 4 is 18.0 Å². The Morgan fingerprint density at radius 3 is 2.54 bits per heavy atom. The minimum Gasteiger partial charge on any atom is -0.484 e. The molecule has 7 heteroatoms. The van der Waals surface area contributed by atoms with E-state index in [1.807, 2.05) is 0 Å². The highest BCUT2D eigenvalue weighted by atomic mass is 16.5. The number of nitrogens with zero attached hydrogens (tertiary/aromatic N) is 1. The van der Waals surface area contributed by atoms with Crippen molar-refractivity contribution in [3.8, 4) is 5.75 Å². The van der Waals surface area contributed by atoms with E-state index in [0.29, 0.717) is 5.75 Å². The van der Waals surface area contributed by atoms with Gasteiger partial charge in [-0.15, -0.1) is 0 Å². The predicted octanol–water partition coefficient (Wildman–Crippen LogP) is 0.957. The Hall–Kier alpha value is -2.41. The molecule has 0 spiro atoms. The summed E-state index contributed by atoms with van der Waals surface area (Å²) in [5.74, 6) is -0.0835. The molecule has 1 aromatic rings. The summed E-state index contributed by atoms with van der Waals surface area (Å²) in [7, 11) is 0. The molecule has 1 aromatic carbocycles. The third kappa shape index (κ3) is 6.37. The van der Waals surface area contributed by atoms with Crippen LogP contribution >= 0.6 is 0 Å². The molecule has 1 saturated carbocycles. The van der Waals surface area contributed by atoms with Crippen molar-refractivity contribution in [1.29, 1.82) is 0 Å². The Morgan fingerprint density at radius 1 is 1.17 bits per heavy atom. The molecule has 24 heavy (non-hydrogen) atoms. The highest BCUT2D eigenvalue weighted by Crippen LogP contribution is 2.17. The lowest BCUT2D eigenvalue weighted by molar-refractivity contribution is -0.124. The summed E-state index contributed by atoms with van der Waals surface area (Å²) >= 11 is 0. The fourth-order valence-corrected chi connectivity index (χ4v) is 2.53. The number of carbonyl (C=O) groups excluding carboxylic acids is 2. The van der Waals surface area contributed by atoms with E-state index in [2.05, 4.69) is 15.8 Å². The topological polar surface area (TPSA) is 100 Å². The summed E-state index contributed by atoms with van der Waals surface area (Å²) in [5, 5.41) is 15.2. The number of carbonyl (C=O) groups is 2. The van der Waals surface area contributed by atoms with E-state index in [4.69, 9.17) is 9.84 Å². The van der Waals surface area contributed by atoms with E-state index >= 15 is 0 Å². The average molecular weight is 333 g/mol. The fourth-order valence-electron chi connectivity index (χ4n) is 2.53. The largest absolute Gasteiger partial charge is 0.484 e. The molecule has 0 radical (unpaired) electrons. The first-order chi connectivity index (χ1) is 11.7. The van der Waals surface area contributed by atoms with Crippen molar-refractivity contribution < 1.29 is 19.4 Å². The van der Waals surface area contributed by atoms with E-state index in [1.54, 1.807) is 24.3 Å². The highest BCUT2D eigenvalue weighted by molar-refractivity contribution is 5.82. The molecule has 0 aliphatic heterocycles. The number of hydrogen-bond donors (Lipinski definition) is 3. The molecule has 7 nitrogen and oxygen atoms in total. The van der Waals surface area contributed by atoms with Crippen LogP contribution in [0.4, 0.5) is 0 Å². The second-order valence-corrected chi connectivity index (χ2v) is 5.71. The monoisotopic (exact) mass is 333 g/mol. The molecule has 0 atom stereocenters. The molecule has 0 aromatic heterocycles. The zero-order valence-corrected chi connectivity index (χ0v) is 13.5. The maximum Gasteiger partial charge on any atom is 0.265 e. The number of nitrogens with one attached hydrogen (secondary N) is 2. The van der Waals surface area contributed by atoms with Gasteiger partial charge in [0, 0.05) is 6.04 Å². The summed E-state index contributed by atoms with van der Waals surface area (Å²) in [4.78, 5) is 22.7. The van der Waals surface area contributed by atoms with Crippen LogP contribution in [0.1, 0.15) is 37.7 Å². The Bertz CT molecular complexity index is 566. The van der Waals surface area contributed by atoms with Gasteiger partial charge in [-0.25, -0.2) is 5.43 Å². The molecule has 1 aliphatic rings. The Labute approximate surface area is 141 Å². The van der Waals surface area contributed by atoms with E-state index in [0.717, 1.165) is 18.4 Å². The number of aliphatic hydroxyl groups excluding tert-OH is 1. The number of hydrazone groups is 1. The van der Waals surface area contributed by atoms with Gasteiger partial charge in [-0.3, -0.25) is 9.59 Å².